The van der Waals surface area contributed by atoms with Crippen LogP contribution in [-0.4, -0.2) is 59.0 Å². The molecular weight excluding hydrogens is 232 g/mol. The third-order valence-electron chi connectivity index (χ3n) is 3.35. The highest BCUT2D eigenvalue weighted by atomic mass is 16.4. The van der Waals surface area contributed by atoms with Gasteiger partial charge in [0.2, 0.25) is 5.91 Å². The Morgan fingerprint density at radius 3 is 2.28 bits per heavy atom. The third-order valence-corrected chi connectivity index (χ3v) is 3.35. The standard InChI is InChI=1S/C13H22N2O3/c1-4-5-10(2)12(16)15-8-6-14(7-9-15)11(3)13(17)18/h5,11H,4,6-9H2,1-3H3,(H,17,18)/b10-5-. The molecule has 1 atom stereocenters. The zero-order chi connectivity index (χ0) is 13.7. The molecule has 18 heavy (non-hydrogen) atoms. The van der Waals surface area contributed by atoms with Gasteiger partial charge in [0.05, 0.1) is 0 Å². The lowest BCUT2D eigenvalue weighted by molar-refractivity contribution is -0.143. The van der Waals surface area contributed by atoms with Crippen LogP contribution in [0.3, 0.4) is 0 Å². The average molecular weight is 254 g/mol. The van der Waals surface area contributed by atoms with Gasteiger partial charge in [0.25, 0.3) is 0 Å². The summed E-state index contributed by atoms with van der Waals surface area (Å²) < 4.78 is 0. The van der Waals surface area contributed by atoms with Crippen LogP contribution >= 0.6 is 0 Å². The number of carboxylic acid groups (broad SMARTS) is 1. The number of amides is 1. The number of allylic oxidation sites excluding steroid dienone is 1. The van der Waals surface area contributed by atoms with Crippen molar-refractivity contribution in [2.75, 3.05) is 26.2 Å². The average Bonchev–Trinajstić information content (AvgIpc) is 2.37. The summed E-state index contributed by atoms with van der Waals surface area (Å²) in [6.45, 7) is 7.97. The van der Waals surface area contributed by atoms with Crippen LogP contribution in [0, 0.1) is 0 Å². The van der Waals surface area contributed by atoms with Gasteiger partial charge in [-0.3, -0.25) is 14.5 Å². The molecule has 0 bridgehead atoms. The van der Waals surface area contributed by atoms with Gasteiger partial charge >= 0.3 is 5.97 Å². The van der Waals surface area contributed by atoms with Crippen LogP contribution < -0.4 is 0 Å². The molecule has 1 amide bonds. The summed E-state index contributed by atoms with van der Waals surface area (Å²) in [5.41, 5.74) is 0.775. The number of nitrogens with zero attached hydrogens (tertiary/aromatic N) is 2. The minimum atomic E-state index is -0.808. The van der Waals surface area contributed by atoms with Crippen molar-refractivity contribution >= 4 is 11.9 Å². The molecule has 1 fully saturated rings. The molecule has 0 aromatic carbocycles. The number of carbonyl (C=O) groups excluding carboxylic acids is 1. The van der Waals surface area contributed by atoms with Crippen molar-refractivity contribution in [1.82, 2.24) is 9.80 Å². The second-order valence-electron chi connectivity index (χ2n) is 4.64. The summed E-state index contributed by atoms with van der Waals surface area (Å²) >= 11 is 0. The molecule has 0 aromatic rings. The number of hydrogen-bond donors (Lipinski definition) is 1. The quantitative estimate of drug-likeness (QED) is 0.759. The van der Waals surface area contributed by atoms with Crippen molar-refractivity contribution in [1.29, 1.82) is 0 Å². The van der Waals surface area contributed by atoms with Crippen LogP contribution in [0.4, 0.5) is 0 Å². The van der Waals surface area contributed by atoms with E-state index in [4.69, 9.17) is 5.11 Å². The van der Waals surface area contributed by atoms with Gasteiger partial charge in [-0.1, -0.05) is 13.0 Å². The van der Waals surface area contributed by atoms with Crippen molar-refractivity contribution in [2.24, 2.45) is 0 Å². The zero-order valence-corrected chi connectivity index (χ0v) is 11.3. The van der Waals surface area contributed by atoms with E-state index >= 15 is 0 Å². The fourth-order valence-corrected chi connectivity index (χ4v) is 2.11. The van der Waals surface area contributed by atoms with E-state index in [1.54, 1.807) is 11.8 Å². The van der Waals surface area contributed by atoms with Gasteiger partial charge in [-0.15, -0.1) is 0 Å². The molecule has 5 heteroatoms. The van der Waals surface area contributed by atoms with Gasteiger partial charge in [0, 0.05) is 31.8 Å². The second kappa shape index (κ2) is 6.54. The van der Waals surface area contributed by atoms with E-state index in [9.17, 15) is 9.59 Å². The molecular formula is C13H22N2O3. The van der Waals surface area contributed by atoms with E-state index in [2.05, 4.69) is 0 Å². The predicted octanol–water partition coefficient (Wildman–Crippen LogP) is 0.960. The van der Waals surface area contributed by atoms with E-state index in [1.165, 1.54) is 0 Å². The Labute approximate surface area is 108 Å². The van der Waals surface area contributed by atoms with E-state index < -0.39 is 12.0 Å². The first-order valence-electron chi connectivity index (χ1n) is 6.40. The van der Waals surface area contributed by atoms with Gasteiger partial charge in [-0.05, 0) is 20.3 Å². The van der Waals surface area contributed by atoms with E-state index in [0.717, 1.165) is 12.0 Å². The minimum absolute atomic E-state index is 0.0690. The normalized spacial score (nSPS) is 19.7. The number of carbonyl (C=O) groups is 2. The maximum Gasteiger partial charge on any atom is 0.320 e. The van der Waals surface area contributed by atoms with E-state index in [0.29, 0.717) is 26.2 Å². The number of piperazine rings is 1. The fourth-order valence-electron chi connectivity index (χ4n) is 2.11. The molecule has 0 spiro atoms. The summed E-state index contributed by atoms with van der Waals surface area (Å²) in [5, 5.41) is 8.94. The highest BCUT2D eigenvalue weighted by molar-refractivity contribution is 5.92. The Kier molecular flexibility index (Phi) is 5.34. The van der Waals surface area contributed by atoms with Gasteiger partial charge in [0.1, 0.15) is 6.04 Å². The molecule has 1 aliphatic heterocycles. The van der Waals surface area contributed by atoms with Crippen LogP contribution in [0.5, 0.6) is 0 Å². The summed E-state index contributed by atoms with van der Waals surface area (Å²) in [7, 11) is 0. The molecule has 0 aliphatic carbocycles. The van der Waals surface area contributed by atoms with Gasteiger partial charge < -0.3 is 10.0 Å². The monoisotopic (exact) mass is 254 g/mol. The molecule has 1 unspecified atom stereocenters. The molecule has 0 saturated carbocycles. The van der Waals surface area contributed by atoms with Crippen LogP contribution in [0.1, 0.15) is 27.2 Å². The summed E-state index contributed by atoms with van der Waals surface area (Å²) in [6.07, 6.45) is 2.78. The molecule has 102 valence electrons. The lowest BCUT2D eigenvalue weighted by Gasteiger charge is -2.36. The van der Waals surface area contributed by atoms with Crippen molar-refractivity contribution < 1.29 is 14.7 Å². The maximum absolute atomic E-state index is 12.0. The van der Waals surface area contributed by atoms with E-state index in [-0.39, 0.29) is 5.91 Å². The van der Waals surface area contributed by atoms with Gasteiger partial charge in [-0.25, -0.2) is 0 Å². The first kappa shape index (κ1) is 14.7. The molecule has 1 aliphatic rings. The van der Waals surface area contributed by atoms with Crippen molar-refractivity contribution in [3.63, 3.8) is 0 Å². The van der Waals surface area contributed by atoms with Crippen LogP contribution in [0.2, 0.25) is 0 Å². The maximum atomic E-state index is 12.0. The Hall–Kier alpha value is -1.36. The Morgan fingerprint density at radius 2 is 1.83 bits per heavy atom. The van der Waals surface area contributed by atoms with Crippen molar-refractivity contribution in [2.45, 2.75) is 33.2 Å². The Balaban J connectivity index is 2.51. The van der Waals surface area contributed by atoms with Crippen molar-refractivity contribution in [3.8, 4) is 0 Å². The number of carboxylic acids is 1. The topological polar surface area (TPSA) is 60.9 Å². The molecule has 0 radical (unpaired) electrons. The second-order valence-corrected chi connectivity index (χ2v) is 4.64. The third kappa shape index (κ3) is 3.57. The van der Waals surface area contributed by atoms with Crippen LogP contribution in [-0.2, 0) is 9.59 Å². The largest absolute Gasteiger partial charge is 0.480 e. The summed E-state index contributed by atoms with van der Waals surface area (Å²) in [5.74, 6) is -0.740. The SMILES string of the molecule is CC/C=C(/C)C(=O)N1CCN(C(C)C(=O)O)CC1. The van der Waals surface area contributed by atoms with Crippen LogP contribution in [0.25, 0.3) is 0 Å². The number of hydrogen-bond acceptors (Lipinski definition) is 3. The van der Waals surface area contributed by atoms with Gasteiger partial charge in [-0.2, -0.15) is 0 Å². The molecule has 1 heterocycles. The first-order valence-corrected chi connectivity index (χ1v) is 6.40. The molecule has 1 N–H and O–H groups in total. The lowest BCUT2D eigenvalue weighted by atomic mass is 10.2. The van der Waals surface area contributed by atoms with Crippen molar-refractivity contribution in [3.05, 3.63) is 11.6 Å². The smallest absolute Gasteiger partial charge is 0.320 e. The number of rotatable bonds is 4. The number of aliphatic carboxylic acids is 1. The van der Waals surface area contributed by atoms with E-state index in [1.807, 2.05) is 24.8 Å². The van der Waals surface area contributed by atoms with Crippen LogP contribution in [0.15, 0.2) is 11.6 Å². The Bertz CT molecular complexity index is 344. The highest BCUT2D eigenvalue weighted by Crippen LogP contribution is 2.10. The highest BCUT2D eigenvalue weighted by Gasteiger charge is 2.27. The minimum Gasteiger partial charge on any atom is -0.480 e. The summed E-state index contributed by atoms with van der Waals surface area (Å²) in [6, 6.07) is -0.477. The predicted molar refractivity (Wildman–Crippen MR) is 69.3 cm³/mol. The molecule has 0 aromatic heterocycles. The first-order chi connectivity index (χ1) is 8.47. The molecule has 5 nitrogen and oxygen atoms in total. The summed E-state index contributed by atoms with van der Waals surface area (Å²) in [4.78, 5) is 26.6. The molecule has 1 saturated heterocycles. The lowest BCUT2D eigenvalue weighted by Crippen LogP contribution is -2.53. The fraction of sp³-hybridized carbons (Fsp3) is 0.692. The van der Waals surface area contributed by atoms with Gasteiger partial charge in [0.15, 0.2) is 0 Å². The Morgan fingerprint density at radius 1 is 1.28 bits per heavy atom. The zero-order valence-electron chi connectivity index (χ0n) is 11.3. The molecule has 1 rings (SSSR count).